The van der Waals surface area contributed by atoms with E-state index >= 15 is 0 Å². The van der Waals surface area contributed by atoms with Gasteiger partial charge in [0.2, 0.25) is 0 Å². The third kappa shape index (κ3) is 3.68. The molecule has 0 saturated heterocycles. The molecule has 5 heterocycles. The number of pyridine rings is 2. The lowest BCUT2D eigenvalue weighted by Gasteiger charge is -2.12. The summed E-state index contributed by atoms with van der Waals surface area (Å²) in [7, 11) is 4.00. The minimum atomic E-state index is 0.0841. The number of aromatic nitrogens is 5. The maximum Gasteiger partial charge on any atom is 0.169 e. The molecule has 5 aromatic heterocycles. The van der Waals surface area contributed by atoms with Crippen LogP contribution in [0.5, 0.6) is 0 Å². The lowest BCUT2D eigenvalue weighted by molar-refractivity contribution is 0.102. The van der Waals surface area contributed by atoms with Gasteiger partial charge in [0.1, 0.15) is 5.69 Å². The Balaban J connectivity index is 1.46. The number of benzene rings is 1. The first kappa shape index (κ1) is 21.2. The monoisotopic (exact) mass is 478 g/mol. The highest BCUT2D eigenvalue weighted by Crippen LogP contribution is 2.37. The van der Waals surface area contributed by atoms with E-state index in [0.29, 0.717) is 0 Å². The highest BCUT2D eigenvalue weighted by atomic mass is 32.1. The number of nitrogens with one attached hydrogen (secondary N) is 2. The third-order valence-corrected chi connectivity index (χ3v) is 7.35. The second kappa shape index (κ2) is 8.18. The number of carbonyl (C=O) groups excluding carboxylic acids is 1. The molecular weight excluding hydrogens is 456 g/mol. The lowest BCUT2D eigenvalue weighted by atomic mass is 10.1. The minimum absolute atomic E-state index is 0.0841. The van der Waals surface area contributed by atoms with Crippen LogP contribution in [0.1, 0.15) is 16.6 Å². The van der Waals surface area contributed by atoms with Crippen LogP contribution in [0.4, 0.5) is 5.69 Å². The zero-order valence-electron chi connectivity index (χ0n) is 19.5. The van der Waals surface area contributed by atoms with Gasteiger partial charge in [0.05, 0.1) is 22.5 Å². The van der Waals surface area contributed by atoms with Gasteiger partial charge in [0.15, 0.2) is 11.4 Å². The lowest BCUT2D eigenvalue weighted by Crippen LogP contribution is -2.08. The molecule has 6 rings (SSSR count). The summed E-state index contributed by atoms with van der Waals surface area (Å²) in [5.41, 5.74) is 7.54. The maximum absolute atomic E-state index is 11.8. The standard InChI is InChI=1S/C27H22N6OS/c1-15(34)24-7-8-25(35-24)19-5-4-6-22-20(19)11-23(30-22)26-21-10-17(13-29-27(21)32-31-26)16-9-18(33(2)3)14-28-12-16/h4-14,30H,1-3H3,(H,29,31,32). The fraction of sp³-hybridized carbons (Fsp3) is 0.111. The molecule has 0 radical (unpaired) electrons. The van der Waals surface area contributed by atoms with Crippen LogP contribution in [0.3, 0.4) is 0 Å². The van der Waals surface area contributed by atoms with Gasteiger partial charge in [-0.05, 0) is 43.3 Å². The number of H-pyrrole nitrogens is 2. The van der Waals surface area contributed by atoms with E-state index in [-0.39, 0.29) is 5.78 Å². The Labute approximate surface area is 205 Å². The highest BCUT2D eigenvalue weighted by Gasteiger charge is 2.16. The number of anilines is 1. The van der Waals surface area contributed by atoms with Crippen molar-refractivity contribution in [2.75, 3.05) is 19.0 Å². The van der Waals surface area contributed by atoms with E-state index < -0.39 is 0 Å². The van der Waals surface area contributed by atoms with Crippen molar-refractivity contribution in [3.63, 3.8) is 0 Å². The fourth-order valence-electron chi connectivity index (χ4n) is 4.27. The molecule has 2 N–H and O–H groups in total. The molecule has 0 unspecified atom stereocenters. The normalized spacial score (nSPS) is 11.4. The van der Waals surface area contributed by atoms with Crippen molar-refractivity contribution in [2.45, 2.75) is 6.92 Å². The van der Waals surface area contributed by atoms with Gasteiger partial charge in [-0.15, -0.1) is 11.3 Å². The summed E-state index contributed by atoms with van der Waals surface area (Å²) >= 11 is 1.52. The molecule has 6 aromatic rings. The van der Waals surface area contributed by atoms with Crippen LogP contribution in [0, 0.1) is 0 Å². The van der Waals surface area contributed by atoms with Gasteiger partial charge >= 0.3 is 0 Å². The zero-order valence-corrected chi connectivity index (χ0v) is 20.3. The van der Waals surface area contributed by atoms with Gasteiger partial charge < -0.3 is 9.88 Å². The Kier molecular flexibility index (Phi) is 4.96. The number of thiophene rings is 1. The van der Waals surface area contributed by atoms with Gasteiger partial charge in [-0.1, -0.05) is 12.1 Å². The fourth-order valence-corrected chi connectivity index (χ4v) is 5.21. The molecule has 0 spiro atoms. The largest absolute Gasteiger partial charge is 0.376 e. The van der Waals surface area contributed by atoms with E-state index in [1.54, 1.807) is 6.92 Å². The minimum Gasteiger partial charge on any atom is -0.376 e. The van der Waals surface area contributed by atoms with Crippen LogP contribution in [0.15, 0.2) is 67.1 Å². The van der Waals surface area contributed by atoms with Gasteiger partial charge in [0.25, 0.3) is 0 Å². The molecule has 172 valence electrons. The van der Waals surface area contributed by atoms with E-state index in [0.717, 1.165) is 65.5 Å². The van der Waals surface area contributed by atoms with E-state index in [1.807, 2.05) is 55.8 Å². The second-order valence-corrected chi connectivity index (χ2v) is 9.77. The molecule has 0 bridgehead atoms. The Morgan fingerprint density at radius 2 is 1.83 bits per heavy atom. The molecule has 0 fully saturated rings. The van der Waals surface area contributed by atoms with Crippen molar-refractivity contribution in [1.29, 1.82) is 0 Å². The number of fused-ring (bicyclic) bond motifs is 2. The second-order valence-electron chi connectivity index (χ2n) is 8.69. The summed E-state index contributed by atoms with van der Waals surface area (Å²) in [4.78, 5) is 28.2. The van der Waals surface area contributed by atoms with Crippen molar-refractivity contribution < 1.29 is 4.79 Å². The number of hydrogen-bond acceptors (Lipinski definition) is 6. The molecule has 0 aliphatic rings. The topological polar surface area (TPSA) is 90.6 Å². The summed E-state index contributed by atoms with van der Waals surface area (Å²) in [6, 6.07) is 16.4. The van der Waals surface area contributed by atoms with E-state index in [4.69, 9.17) is 0 Å². The molecule has 0 amide bonds. The van der Waals surface area contributed by atoms with Crippen LogP contribution >= 0.6 is 11.3 Å². The SMILES string of the molecule is CC(=O)c1ccc(-c2cccc3[nH]c(-c4n[nH]c5ncc(-c6cncc(N(C)C)c6)cc45)cc23)s1. The number of hydrogen-bond donors (Lipinski definition) is 2. The molecule has 8 heteroatoms. The van der Waals surface area contributed by atoms with E-state index in [9.17, 15) is 4.79 Å². The van der Waals surface area contributed by atoms with Crippen molar-refractivity contribution >= 4 is 44.7 Å². The Morgan fingerprint density at radius 3 is 2.63 bits per heavy atom. The first-order valence-electron chi connectivity index (χ1n) is 11.2. The van der Waals surface area contributed by atoms with Crippen LogP contribution < -0.4 is 4.90 Å². The predicted octanol–water partition coefficient (Wildman–Crippen LogP) is 6.17. The molecule has 0 saturated carbocycles. The maximum atomic E-state index is 11.8. The number of nitrogens with zero attached hydrogens (tertiary/aromatic N) is 4. The van der Waals surface area contributed by atoms with E-state index in [1.165, 1.54) is 11.3 Å². The molecule has 35 heavy (non-hydrogen) atoms. The molecule has 7 nitrogen and oxygen atoms in total. The van der Waals surface area contributed by atoms with Gasteiger partial charge in [0, 0.05) is 64.3 Å². The van der Waals surface area contributed by atoms with Gasteiger partial charge in [-0.25, -0.2) is 4.98 Å². The van der Waals surface area contributed by atoms with E-state index in [2.05, 4.69) is 55.5 Å². The van der Waals surface area contributed by atoms with Crippen LogP contribution in [-0.2, 0) is 0 Å². The summed E-state index contributed by atoms with van der Waals surface area (Å²) in [6.07, 6.45) is 5.53. The Bertz CT molecular complexity index is 1720. The highest BCUT2D eigenvalue weighted by molar-refractivity contribution is 7.17. The summed E-state index contributed by atoms with van der Waals surface area (Å²) < 4.78 is 0. The van der Waals surface area contributed by atoms with Gasteiger partial charge in [-0.2, -0.15) is 5.10 Å². The number of aromatic amines is 2. The molecule has 1 aromatic carbocycles. The average molecular weight is 479 g/mol. The van der Waals surface area contributed by atoms with Crippen LogP contribution in [0.25, 0.3) is 54.9 Å². The van der Waals surface area contributed by atoms with Crippen molar-refractivity contribution in [1.82, 2.24) is 25.1 Å². The average Bonchev–Trinajstić information content (AvgIpc) is 3.61. The number of ketones is 1. The van der Waals surface area contributed by atoms with Crippen molar-refractivity contribution in [2.24, 2.45) is 0 Å². The zero-order chi connectivity index (χ0) is 24.1. The number of rotatable bonds is 5. The quantitative estimate of drug-likeness (QED) is 0.289. The molecular formula is C27H22N6OS. The first-order chi connectivity index (χ1) is 17.0. The van der Waals surface area contributed by atoms with Crippen LogP contribution in [0.2, 0.25) is 0 Å². The number of Topliss-reactive ketones (excluding diaryl/α,β-unsaturated/α-hetero) is 1. The molecule has 0 atom stereocenters. The smallest absolute Gasteiger partial charge is 0.169 e. The third-order valence-electron chi connectivity index (χ3n) is 6.13. The Morgan fingerprint density at radius 1 is 0.971 bits per heavy atom. The number of carbonyl (C=O) groups is 1. The van der Waals surface area contributed by atoms with Crippen molar-refractivity contribution in [3.05, 3.63) is 72.0 Å². The molecule has 0 aliphatic heterocycles. The summed E-state index contributed by atoms with van der Waals surface area (Å²) in [5, 5.41) is 9.66. The molecule has 0 aliphatic carbocycles. The summed E-state index contributed by atoms with van der Waals surface area (Å²) in [6.45, 7) is 1.60. The first-order valence-corrected chi connectivity index (χ1v) is 12.0. The van der Waals surface area contributed by atoms with Crippen molar-refractivity contribution in [3.8, 4) is 33.0 Å². The summed E-state index contributed by atoms with van der Waals surface area (Å²) in [5.74, 6) is 0.0841. The van der Waals surface area contributed by atoms with Gasteiger partial charge in [-0.3, -0.25) is 14.9 Å². The predicted molar refractivity (Wildman–Crippen MR) is 142 cm³/mol. The van der Waals surface area contributed by atoms with Crippen LogP contribution in [-0.4, -0.2) is 45.0 Å². The Hall–Kier alpha value is -4.30.